The zero-order chi connectivity index (χ0) is 11.8. The van der Waals surface area contributed by atoms with Crippen molar-refractivity contribution < 1.29 is 34.4 Å². The van der Waals surface area contributed by atoms with Crippen LogP contribution in [-0.4, -0.2) is 18.7 Å². The molecule has 1 N–H and O–H groups in total. The predicted molar refractivity (Wildman–Crippen MR) is 61.5 cm³/mol. The summed E-state index contributed by atoms with van der Waals surface area (Å²) in [6, 6.07) is 1.85. The van der Waals surface area contributed by atoms with Crippen molar-refractivity contribution in [3.63, 3.8) is 0 Å². The van der Waals surface area contributed by atoms with Gasteiger partial charge in [-0.3, -0.25) is 9.79 Å². The summed E-state index contributed by atoms with van der Waals surface area (Å²) in [4.78, 5) is 15.4. The van der Waals surface area contributed by atoms with Crippen molar-refractivity contribution in [3.05, 3.63) is 29.0 Å². The molecule has 0 spiro atoms. The average Bonchev–Trinajstić information content (AvgIpc) is 2.32. The minimum absolute atomic E-state index is 0. The summed E-state index contributed by atoms with van der Waals surface area (Å²) >= 11 is 0. The van der Waals surface area contributed by atoms with Gasteiger partial charge in [0.15, 0.2) is 0 Å². The van der Waals surface area contributed by atoms with Crippen molar-refractivity contribution in [3.8, 4) is 6.07 Å². The van der Waals surface area contributed by atoms with Crippen LogP contribution in [0.3, 0.4) is 0 Å². The van der Waals surface area contributed by atoms with E-state index in [0.717, 1.165) is 12.8 Å². The number of aliphatic imine (C=N–C) groups is 1. The van der Waals surface area contributed by atoms with Crippen LogP contribution in [0.2, 0.25) is 0 Å². The summed E-state index contributed by atoms with van der Waals surface area (Å²) in [5, 5.41) is 15.5. The van der Waals surface area contributed by atoms with E-state index in [1.54, 1.807) is 0 Å². The molecular formula is C11H13N4NaO. The molecule has 1 heterocycles. The van der Waals surface area contributed by atoms with E-state index in [0.29, 0.717) is 12.2 Å². The summed E-state index contributed by atoms with van der Waals surface area (Å²) in [6.07, 6.45) is 6.23. The van der Waals surface area contributed by atoms with E-state index < -0.39 is 5.91 Å². The number of unbranched alkanes of at least 4 members (excludes halogenated alkanes) is 1. The van der Waals surface area contributed by atoms with Crippen LogP contribution in [-0.2, 0) is 4.79 Å². The van der Waals surface area contributed by atoms with Crippen molar-refractivity contribution in [2.75, 3.05) is 6.54 Å². The maximum Gasteiger partial charge on any atom is 1.00 e. The molecule has 84 valence electrons. The van der Waals surface area contributed by atoms with E-state index in [9.17, 15) is 4.79 Å². The number of hydrogen-bond acceptors (Lipinski definition) is 3. The van der Waals surface area contributed by atoms with Crippen LogP contribution in [0, 0.1) is 11.3 Å². The number of carbonyl (C=O) groups is 1. The van der Waals surface area contributed by atoms with E-state index in [2.05, 4.69) is 15.6 Å². The molecule has 6 heteroatoms. The zero-order valence-electron chi connectivity index (χ0n) is 10.1. The van der Waals surface area contributed by atoms with Gasteiger partial charge in [-0.25, -0.2) is 0 Å². The van der Waals surface area contributed by atoms with E-state index >= 15 is 0 Å². The summed E-state index contributed by atoms with van der Waals surface area (Å²) in [5.41, 5.74) is 0.309. The fourth-order valence-electron chi connectivity index (χ4n) is 1.12. The second-order valence-corrected chi connectivity index (χ2v) is 3.19. The molecule has 0 saturated heterocycles. The second kappa shape index (κ2) is 8.99. The van der Waals surface area contributed by atoms with Gasteiger partial charge in [-0.1, -0.05) is 19.0 Å². The Kier molecular flexibility index (Phi) is 8.42. The molecule has 1 amide bonds. The fraction of sp³-hybridized carbons (Fsp3) is 0.364. The minimum atomic E-state index is -0.392. The minimum Gasteiger partial charge on any atom is -0.660 e. The Labute approximate surface area is 123 Å². The molecule has 5 nitrogen and oxygen atoms in total. The first kappa shape index (κ1) is 15.9. The van der Waals surface area contributed by atoms with Gasteiger partial charge in [0, 0.05) is 19.0 Å². The number of amides is 1. The molecule has 1 aliphatic heterocycles. The first-order valence-electron chi connectivity index (χ1n) is 5.11. The van der Waals surface area contributed by atoms with Crippen molar-refractivity contribution in [2.45, 2.75) is 19.8 Å². The molecule has 0 atom stereocenters. The maximum atomic E-state index is 11.6. The molecule has 0 bridgehead atoms. The second-order valence-electron chi connectivity index (χ2n) is 3.19. The number of allylic oxidation sites excluding steroid dienone is 1. The Bertz CT molecular complexity index is 393. The van der Waals surface area contributed by atoms with Gasteiger partial charge in [0.25, 0.3) is 5.91 Å². The molecule has 1 aliphatic rings. The quantitative estimate of drug-likeness (QED) is 0.284. The summed E-state index contributed by atoms with van der Waals surface area (Å²) < 4.78 is 0. The van der Waals surface area contributed by atoms with Gasteiger partial charge in [-0.2, -0.15) is 11.5 Å². The van der Waals surface area contributed by atoms with E-state index in [1.807, 2.05) is 13.0 Å². The van der Waals surface area contributed by atoms with Crippen LogP contribution in [0.4, 0.5) is 0 Å². The standard InChI is InChI=1S/C11H14N4O.Na/c1-2-3-4-15-11(16)9(7-12)10-8-13-5-6-14-10;/h5-6,8H,2-4H2,1H3,(H2,14,15,16);/q;+1/p-1. The van der Waals surface area contributed by atoms with Crippen LogP contribution in [0.15, 0.2) is 28.7 Å². The molecule has 0 unspecified atom stereocenters. The van der Waals surface area contributed by atoms with Crippen molar-refractivity contribution in [1.29, 1.82) is 5.26 Å². The van der Waals surface area contributed by atoms with E-state index in [1.165, 1.54) is 18.6 Å². The molecule has 1 rings (SSSR count). The number of hydrogen-bond donors (Lipinski definition) is 1. The molecule has 0 aromatic heterocycles. The first-order valence-corrected chi connectivity index (χ1v) is 5.11. The summed E-state index contributed by atoms with van der Waals surface area (Å²) in [7, 11) is 0. The Hall–Kier alpha value is -1.09. The Balaban J connectivity index is 0.00000256. The molecule has 0 saturated carbocycles. The van der Waals surface area contributed by atoms with Gasteiger partial charge < -0.3 is 10.6 Å². The van der Waals surface area contributed by atoms with E-state index in [4.69, 9.17) is 5.26 Å². The molecule has 0 radical (unpaired) electrons. The van der Waals surface area contributed by atoms with Gasteiger partial charge in [-0.05, 0) is 6.42 Å². The topological polar surface area (TPSA) is 79.3 Å². The smallest absolute Gasteiger partial charge is 0.660 e. The Morgan fingerprint density at radius 3 is 2.94 bits per heavy atom. The molecule has 17 heavy (non-hydrogen) atoms. The SMILES string of the molecule is CCCCNC(=O)/C(C#N)=C1\C=NC=C[N-]1.[Na+]. The van der Waals surface area contributed by atoms with Gasteiger partial charge in [0.1, 0.15) is 11.6 Å². The Morgan fingerprint density at radius 2 is 2.41 bits per heavy atom. The van der Waals surface area contributed by atoms with Crippen molar-refractivity contribution >= 4 is 12.1 Å². The molecule has 0 fully saturated rings. The van der Waals surface area contributed by atoms with Crippen LogP contribution in [0.5, 0.6) is 0 Å². The normalized spacial score (nSPS) is 15.3. The summed E-state index contributed by atoms with van der Waals surface area (Å²) in [6.45, 7) is 2.60. The van der Waals surface area contributed by atoms with Crippen molar-refractivity contribution in [2.24, 2.45) is 4.99 Å². The third kappa shape index (κ3) is 5.18. The van der Waals surface area contributed by atoms with Gasteiger partial charge in [0.2, 0.25) is 0 Å². The van der Waals surface area contributed by atoms with Crippen LogP contribution in [0.1, 0.15) is 19.8 Å². The molecule has 0 aromatic rings. The van der Waals surface area contributed by atoms with Gasteiger partial charge in [-0.15, -0.1) is 0 Å². The molecular weight excluding hydrogens is 227 g/mol. The average molecular weight is 240 g/mol. The van der Waals surface area contributed by atoms with Crippen LogP contribution in [0.25, 0.3) is 5.32 Å². The largest absolute Gasteiger partial charge is 1.00 e. The number of nitrogens with one attached hydrogen (secondary N) is 1. The number of nitriles is 1. The number of nitrogens with zero attached hydrogens (tertiary/aromatic N) is 3. The third-order valence-corrected chi connectivity index (χ3v) is 1.97. The molecule has 0 aliphatic carbocycles. The monoisotopic (exact) mass is 240 g/mol. The first-order chi connectivity index (χ1) is 7.79. The predicted octanol–water partition coefficient (Wildman–Crippen LogP) is -1.39. The fourth-order valence-corrected chi connectivity index (χ4v) is 1.12. The molecule has 0 aromatic carbocycles. The Morgan fingerprint density at radius 1 is 1.65 bits per heavy atom. The van der Waals surface area contributed by atoms with Crippen LogP contribution < -0.4 is 34.9 Å². The van der Waals surface area contributed by atoms with Crippen LogP contribution >= 0.6 is 0 Å². The van der Waals surface area contributed by atoms with Gasteiger partial charge in [0.05, 0.1) is 0 Å². The zero-order valence-corrected chi connectivity index (χ0v) is 12.1. The van der Waals surface area contributed by atoms with Gasteiger partial charge >= 0.3 is 29.6 Å². The van der Waals surface area contributed by atoms with E-state index in [-0.39, 0.29) is 35.1 Å². The third-order valence-electron chi connectivity index (χ3n) is 1.97. The summed E-state index contributed by atoms with van der Waals surface area (Å²) in [5.74, 6) is -0.392. The number of rotatable bonds is 4. The maximum absolute atomic E-state index is 11.6. The number of carbonyl (C=O) groups excluding carboxylic acids is 1. The van der Waals surface area contributed by atoms with Crippen molar-refractivity contribution in [1.82, 2.24) is 5.32 Å².